The second-order valence-electron chi connectivity index (χ2n) is 6.78. The lowest BCUT2D eigenvalue weighted by Gasteiger charge is -2.17. The molecule has 0 unspecified atom stereocenters. The zero-order valence-electron chi connectivity index (χ0n) is 15.4. The molecule has 0 fully saturated rings. The van der Waals surface area contributed by atoms with Crippen LogP contribution in [0.5, 0.6) is 0 Å². The van der Waals surface area contributed by atoms with Gasteiger partial charge in [0.15, 0.2) is 0 Å². The number of fused-ring (bicyclic) bond motifs is 1. The Labute approximate surface area is 159 Å². The third kappa shape index (κ3) is 3.63. The third-order valence-electron chi connectivity index (χ3n) is 4.98. The molecule has 3 heteroatoms. The molecule has 0 aliphatic rings. The Kier molecular flexibility index (Phi) is 4.75. The van der Waals surface area contributed by atoms with Gasteiger partial charge >= 0.3 is 0 Å². The molecule has 3 aromatic carbocycles. The molecular weight excluding hydrogens is 332 g/mol. The van der Waals surface area contributed by atoms with E-state index in [9.17, 15) is 4.79 Å². The molecule has 1 aromatic heterocycles. The van der Waals surface area contributed by atoms with E-state index >= 15 is 0 Å². The Balaban J connectivity index is 1.43. The normalized spacial score (nSPS) is 10.9. The van der Waals surface area contributed by atoms with Crippen LogP contribution in [-0.2, 0) is 6.42 Å². The maximum atomic E-state index is 12.7. The highest BCUT2D eigenvalue weighted by Gasteiger charge is 2.13. The Hall–Kier alpha value is -3.33. The van der Waals surface area contributed by atoms with Crippen molar-refractivity contribution in [2.24, 2.45) is 0 Å². The number of carbonyl (C=O) groups is 1. The van der Waals surface area contributed by atoms with E-state index in [-0.39, 0.29) is 5.91 Å². The van der Waals surface area contributed by atoms with Crippen molar-refractivity contribution in [2.45, 2.75) is 6.42 Å². The number of carbonyl (C=O) groups excluding carboxylic acids is 1. The highest BCUT2D eigenvalue weighted by atomic mass is 16.2. The van der Waals surface area contributed by atoms with Gasteiger partial charge in [-0.15, -0.1) is 0 Å². The Morgan fingerprint density at radius 3 is 2.30 bits per heavy atom. The SMILES string of the molecule is CN(CCc1c[nH]c2ccccc12)C(=O)c1ccc(-c2ccccc2)cc1. The molecule has 0 aliphatic heterocycles. The number of benzene rings is 3. The van der Waals surface area contributed by atoms with Gasteiger partial charge in [0.05, 0.1) is 0 Å². The summed E-state index contributed by atoms with van der Waals surface area (Å²) in [6.07, 6.45) is 2.87. The van der Waals surface area contributed by atoms with Gasteiger partial charge < -0.3 is 9.88 Å². The minimum absolute atomic E-state index is 0.0504. The molecule has 1 N–H and O–H groups in total. The molecule has 4 rings (SSSR count). The molecule has 4 aromatic rings. The van der Waals surface area contributed by atoms with Gasteiger partial charge in [0.1, 0.15) is 0 Å². The maximum Gasteiger partial charge on any atom is 0.253 e. The van der Waals surface area contributed by atoms with Crippen molar-refractivity contribution in [3.63, 3.8) is 0 Å². The fourth-order valence-electron chi connectivity index (χ4n) is 3.38. The number of nitrogens with one attached hydrogen (secondary N) is 1. The summed E-state index contributed by atoms with van der Waals surface area (Å²) in [6.45, 7) is 0.682. The highest BCUT2D eigenvalue weighted by molar-refractivity contribution is 5.94. The van der Waals surface area contributed by atoms with Crippen LogP contribution in [0.2, 0.25) is 0 Å². The van der Waals surface area contributed by atoms with Crippen molar-refractivity contribution in [1.29, 1.82) is 0 Å². The topological polar surface area (TPSA) is 36.1 Å². The summed E-state index contributed by atoms with van der Waals surface area (Å²) in [5, 5.41) is 1.23. The van der Waals surface area contributed by atoms with E-state index in [4.69, 9.17) is 0 Å². The molecule has 0 saturated heterocycles. The summed E-state index contributed by atoms with van der Waals surface area (Å²) in [4.78, 5) is 17.8. The van der Waals surface area contributed by atoms with Crippen LogP contribution in [0.15, 0.2) is 85.1 Å². The second-order valence-corrected chi connectivity index (χ2v) is 6.78. The Morgan fingerprint density at radius 2 is 1.52 bits per heavy atom. The first kappa shape index (κ1) is 17.1. The first-order valence-electron chi connectivity index (χ1n) is 9.18. The first-order chi connectivity index (χ1) is 13.2. The van der Waals surface area contributed by atoms with Crippen molar-refractivity contribution in [1.82, 2.24) is 9.88 Å². The number of nitrogens with zero attached hydrogens (tertiary/aromatic N) is 1. The van der Waals surface area contributed by atoms with Crippen LogP contribution in [0, 0.1) is 0 Å². The summed E-state index contributed by atoms with van der Waals surface area (Å²) in [7, 11) is 1.86. The molecule has 3 nitrogen and oxygen atoms in total. The van der Waals surface area contributed by atoms with Gasteiger partial charge in [0.25, 0.3) is 5.91 Å². The van der Waals surface area contributed by atoms with Gasteiger partial charge in [-0.3, -0.25) is 4.79 Å². The minimum Gasteiger partial charge on any atom is -0.361 e. The maximum absolute atomic E-state index is 12.7. The number of aromatic nitrogens is 1. The lowest BCUT2D eigenvalue weighted by atomic mass is 10.0. The van der Waals surface area contributed by atoms with Gasteiger partial charge in [-0.25, -0.2) is 0 Å². The van der Waals surface area contributed by atoms with Gasteiger partial charge in [-0.2, -0.15) is 0 Å². The quantitative estimate of drug-likeness (QED) is 0.529. The number of hydrogen-bond acceptors (Lipinski definition) is 1. The van der Waals surface area contributed by atoms with Gasteiger partial charge in [0, 0.05) is 36.3 Å². The lowest BCUT2D eigenvalue weighted by Crippen LogP contribution is -2.28. The largest absolute Gasteiger partial charge is 0.361 e. The number of para-hydroxylation sites is 1. The van der Waals surface area contributed by atoms with Gasteiger partial charge in [-0.1, -0.05) is 60.7 Å². The van der Waals surface area contributed by atoms with E-state index in [1.165, 1.54) is 10.9 Å². The smallest absolute Gasteiger partial charge is 0.253 e. The summed E-state index contributed by atoms with van der Waals surface area (Å²) in [6, 6.07) is 26.3. The fourth-order valence-corrected chi connectivity index (χ4v) is 3.38. The van der Waals surface area contributed by atoms with Crippen molar-refractivity contribution in [2.75, 3.05) is 13.6 Å². The van der Waals surface area contributed by atoms with Crippen molar-refractivity contribution in [3.8, 4) is 11.1 Å². The number of rotatable bonds is 5. The highest BCUT2D eigenvalue weighted by Crippen LogP contribution is 2.21. The molecule has 0 atom stereocenters. The standard InChI is InChI=1S/C24H22N2O/c1-26(16-15-21-17-25-23-10-6-5-9-22(21)23)24(27)20-13-11-19(12-14-20)18-7-3-2-4-8-18/h2-14,17,25H,15-16H2,1H3. The zero-order valence-corrected chi connectivity index (χ0v) is 15.4. The molecule has 0 saturated carbocycles. The monoisotopic (exact) mass is 354 g/mol. The van der Waals surface area contributed by atoms with Crippen LogP contribution in [0.25, 0.3) is 22.0 Å². The molecule has 0 aliphatic carbocycles. The lowest BCUT2D eigenvalue weighted by molar-refractivity contribution is 0.0796. The number of H-pyrrole nitrogens is 1. The van der Waals surface area contributed by atoms with E-state index in [0.29, 0.717) is 6.54 Å². The predicted octanol–water partition coefficient (Wildman–Crippen LogP) is 5.15. The van der Waals surface area contributed by atoms with Crippen LogP contribution >= 0.6 is 0 Å². The molecule has 1 heterocycles. The number of likely N-dealkylation sites (N-methyl/N-ethyl adjacent to an activating group) is 1. The van der Waals surface area contributed by atoms with Crippen LogP contribution in [0.4, 0.5) is 0 Å². The van der Waals surface area contributed by atoms with Crippen molar-refractivity contribution >= 4 is 16.8 Å². The zero-order chi connectivity index (χ0) is 18.6. The second kappa shape index (κ2) is 7.50. The fraction of sp³-hybridized carbons (Fsp3) is 0.125. The molecule has 134 valence electrons. The Morgan fingerprint density at radius 1 is 0.852 bits per heavy atom. The van der Waals surface area contributed by atoms with Crippen LogP contribution in [0.1, 0.15) is 15.9 Å². The van der Waals surface area contributed by atoms with Crippen LogP contribution in [-0.4, -0.2) is 29.4 Å². The molecular formula is C24H22N2O. The molecule has 27 heavy (non-hydrogen) atoms. The van der Waals surface area contributed by atoms with Gasteiger partial charge in [-0.05, 0) is 41.3 Å². The number of aromatic amines is 1. The number of amides is 1. The van der Waals surface area contributed by atoms with E-state index in [1.807, 2.05) is 67.8 Å². The minimum atomic E-state index is 0.0504. The van der Waals surface area contributed by atoms with E-state index in [0.717, 1.165) is 28.6 Å². The van der Waals surface area contributed by atoms with E-state index in [2.05, 4.69) is 29.2 Å². The van der Waals surface area contributed by atoms with Crippen molar-refractivity contribution in [3.05, 3.63) is 96.2 Å². The van der Waals surface area contributed by atoms with Crippen molar-refractivity contribution < 1.29 is 4.79 Å². The summed E-state index contributed by atoms with van der Waals surface area (Å²) < 4.78 is 0. The van der Waals surface area contributed by atoms with E-state index < -0.39 is 0 Å². The third-order valence-corrected chi connectivity index (χ3v) is 4.98. The van der Waals surface area contributed by atoms with E-state index in [1.54, 1.807) is 4.90 Å². The summed E-state index contributed by atoms with van der Waals surface area (Å²) in [5.74, 6) is 0.0504. The average Bonchev–Trinajstić information content (AvgIpc) is 3.15. The molecule has 0 bridgehead atoms. The molecule has 0 spiro atoms. The predicted molar refractivity (Wildman–Crippen MR) is 111 cm³/mol. The summed E-state index contributed by atoms with van der Waals surface area (Å²) in [5.41, 5.74) is 5.37. The van der Waals surface area contributed by atoms with Crippen LogP contribution in [0.3, 0.4) is 0 Å². The summed E-state index contributed by atoms with van der Waals surface area (Å²) >= 11 is 0. The number of hydrogen-bond donors (Lipinski definition) is 1. The average molecular weight is 354 g/mol. The first-order valence-corrected chi connectivity index (χ1v) is 9.18. The van der Waals surface area contributed by atoms with Crippen LogP contribution < -0.4 is 0 Å². The molecule has 0 radical (unpaired) electrons. The van der Waals surface area contributed by atoms with Gasteiger partial charge in [0.2, 0.25) is 0 Å². The molecule has 1 amide bonds. The Bertz CT molecular complexity index is 1050.